The summed E-state index contributed by atoms with van der Waals surface area (Å²) in [4.78, 5) is 2.33. The fourth-order valence-corrected chi connectivity index (χ4v) is 3.61. The third kappa shape index (κ3) is 4.94. The van der Waals surface area contributed by atoms with Crippen LogP contribution >= 0.6 is 0 Å². The molecule has 3 unspecified atom stereocenters. The molecule has 3 atom stereocenters. The van der Waals surface area contributed by atoms with E-state index in [0.717, 1.165) is 19.5 Å². The van der Waals surface area contributed by atoms with Crippen molar-refractivity contribution < 1.29 is 8.42 Å². The van der Waals surface area contributed by atoms with E-state index < -0.39 is 9.84 Å². The van der Waals surface area contributed by atoms with Gasteiger partial charge in [-0.1, -0.05) is 13.8 Å². The van der Waals surface area contributed by atoms with Crippen molar-refractivity contribution in [1.29, 1.82) is 0 Å². The molecule has 1 saturated heterocycles. The van der Waals surface area contributed by atoms with Crippen LogP contribution in [0.5, 0.6) is 0 Å². The van der Waals surface area contributed by atoms with Gasteiger partial charge in [0.25, 0.3) is 0 Å². The second-order valence-electron chi connectivity index (χ2n) is 5.40. The molecule has 1 heterocycles. The molecule has 1 fully saturated rings. The highest BCUT2D eigenvalue weighted by molar-refractivity contribution is 7.91. The van der Waals surface area contributed by atoms with Crippen LogP contribution in [0.2, 0.25) is 0 Å². The van der Waals surface area contributed by atoms with Gasteiger partial charge in [0.1, 0.15) is 0 Å². The molecule has 4 nitrogen and oxygen atoms in total. The maximum Gasteiger partial charge on any atom is 0.151 e. The maximum atomic E-state index is 11.5. The first-order chi connectivity index (χ1) is 7.84. The zero-order chi connectivity index (χ0) is 13.1. The molecule has 1 N–H and O–H groups in total. The van der Waals surface area contributed by atoms with Gasteiger partial charge < -0.3 is 10.2 Å². The summed E-state index contributed by atoms with van der Waals surface area (Å²) in [5.74, 6) is 1.07. The van der Waals surface area contributed by atoms with Gasteiger partial charge in [0.05, 0.1) is 5.75 Å². The molecule has 1 aliphatic rings. The molecule has 102 valence electrons. The van der Waals surface area contributed by atoms with Gasteiger partial charge in [-0.05, 0) is 32.9 Å². The standard InChI is InChI=1S/C12H26N2O2S/c1-5-17(15,16)9-11(3)13-12-6-7-14(4)8-10(12)2/h10-13H,5-9H2,1-4H3. The van der Waals surface area contributed by atoms with E-state index in [1.807, 2.05) is 6.92 Å². The lowest BCUT2D eigenvalue weighted by atomic mass is 9.94. The van der Waals surface area contributed by atoms with E-state index in [9.17, 15) is 8.42 Å². The van der Waals surface area contributed by atoms with Gasteiger partial charge in [0.15, 0.2) is 9.84 Å². The van der Waals surface area contributed by atoms with Crippen molar-refractivity contribution in [3.05, 3.63) is 0 Å². The zero-order valence-electron chi connectivity index (χ0n) is 11.4. The fraction of sp³-hybridized carbons (Fsp3) is 1.00. The number of piperidine rings is 1. The van der Waals surface area contributed by atoms with E-state index in [2.05, 4.69) is 24.2 Å². The number of likely N-dealkylation sites (tertiary alicyclic amines) is 1. The van der Waals surface area contributed by atoms with Crippen LogP contribution in [0.25, 0.3) is 0 Å². The predicted octanol–water partition coefficient (Wildman–Crippen LogP) is 0.739. The summed E-state index contributed by atoms with van der Waals surface area (Å²) >= 11 is 0. The summed E-state index contributed by atoms with van der Waals surface area (Å²) in [6, 6.07) is 0.504. The van der Waals surface area contributed by atoms with E-state index in [1.165, 1.54) is 0 Å². The molecular weight excluding hydrogens is 236 g/mol. The molecule has 5 heteroatoms. The molecule has 1 rings (SSSR count). The van der Waals surface area contributed by atoms with Crippen molar-refractivity contribution >= 4 is 9.84 Å². The average molecular weight is 262 g/mol. The number of nitrogens with zero attached hydrogens (tertiary/aromatic N) is 1. The number of rotatable bonds is 5. The Hall–Kier alpha value is -0.130. The smallest absolute Gasteiger partial charge is 0.151 e. The summed E-state index contributed by atoms with van der Waals surface area (Å²) in [6.45, 7) is 8.09. The Bertz CT molecular complexity index is 329. The van der Waals surface area contributed by atoms with Gasteiger partial charge in [0.2, 0.25) is 0 Å². The van der Waals surface area contributed by atoms with Gasteiger partial charge in [0, 0.05) is 24.4 Å². The quantitative estimate of drug-likeness (QED) is 0.794. The van der Waals surface area contributed by atoms with Crippen molar-refractivity contribution in [2.45, 2.75) is 39.3 Å². The molecule has 0 saturated carbocycles. The van der Waals surface area contributed by atoms with Crippen LogP contribution < -0.4 is 5.32 Å². The van der Waals surface area contributed by atoms with E-state index >= 15 is 0 Å². The van der Waals surface area contributed by atoms with Crippen molar-refractivity contribution in [2.24, 2.45) is 5.92 Å². The molecule has 0 aromatic rings. The Morgan fingerprint density at radius 2 is 2.12 bits per heavy atom. The molecule has 1 aliphatic heterocycles. The van der Waals surface area contributed by atoms with Crippen molar-refractivity contribution in [3.8, 4) is 0 Å². The van der Waals surface area contributed by atoms with Gasteiger partial charge >= 0.3 is 0 Å². The topological polar surface area (TPSA) is 49.4 Å². The number of hydrogen-bond donors (Lipinski definition) is 1. The van der Waals surface area contributed by atoms with E-state index in [1.54, 1.807) is 6.92 Å². The minimum atomic E-state index is -2.87. The lowest BCUT2D eigenvalue weighted by Crippen LogP contribution is -2.51. The monoisotopic (exact) mass is 262 g/mol. The van der Waals surface area contributed by atoms with Gasteiger partial charge in [-0.15, -0.1) is 0 Å². The molecule has 0 aromatic heterocycles. The number of sulfone groups is 1. The fourth-order valence-electron chi connectivity index (χ4n) is 2.51. The largest absolute Gasteiger partial charge is 0.310 e. The van der Waals surface area contributed by atoms with Gasteiger partial charge in [-0.25, -0.2) is 8.42 Å². The molecule has 0 spiro atoms. The molecule has 0 aromatic carbocycles. The third-order valence-electron chi connectivity index (χ3n) is 3.55. The Morgan fingerprint density at radius 1 is 1.47 bits per heavy atom. The van der Waals surface area contributed by atoms with Crippen LogP contribution in [-0.2, 0) is 9.84 Å². The lowest BCUT2D eigenvalue weighted by molar-refractivity contribution is 0.169. The Kier molecular flexibility index (Phi) is 5.41. The zero-order valence-corrected chi connectivity index (χ0v) is 12.3. The second-order valence-corrected chi connectivity index (χ2v) is 7.80. The van der Waals surface area contributed by atoms with E-state index in [0.29, 0.717) is 12.0 Å². The van der Waals surface area contributed by atoms with Gasteiger partial charge in [-0.3, -0.25) is 0 Å². The van der Waals surface area contributed by atoms with Gasteiger partial charge in [-0.2, -0.15) is 0 Å². The highest BCUT2D eigenvalue weighted by Gasteiger charge is 2.26. The highest BCUT2D eigenvalue weighted by atomic mass is 32.2. The van der Waals surface area contributed by atoms with E-state index in [4.69, 9.17) is 0 Å². The molecule has 0 amide bonds. The lowest BCUT2D eigenvalue weighted by Gasteiger charge is -2.36. The van der Waals surface area contributed by atoms with Crippen molar-refractivity contribution in [1.82, 2.24) is 10.2 Å². The Morgan fingerprint density at radius 3 is 2.65 bits per heavy atom. The van der Waals surface area contributed by atoms with Crippen LogP contribution in [0, 0.1) is 5.92 Å². The number of hydrogen-bond acceptors (Lipinski definition) is 4. The molecular formula is C12H26N2O2S. The average Bonchev–Trinajstić information content (AvgIpc) is 2.21. The first kappa shape index (κ1) is 14.9. The molecule has 0 bridgehead atoms. The SMILES string of the molecule is CCS(=O)(=O)CC(C)NC1CCN(C)CC1C. The summed E-state index contributed by atoms with van der Waals surface area (Å²) in [6.07, 6.45) is 1.11. The maximum absolute atomic E-state index is 11.5. The Balaban J connectivity index is 2.43. The summed E-state index contributed by atoms with van der Waals surface area (Å²) in [7, 11) is -0.734. The van der Waals surface area contributed by atoms with Crippen molar-refractivity contribution in [3.63, 3.8) is 0 Å². The molecule has 0 radical (unpaired) electrons. The summed E-state index contributed by atoms with van der Waals surface area (Å²) in [5.41, 5.74) is 0. The van der Waals surface area contributed by atoms with Crippen LogP contribution in [0.15, 0.2) is 0 Å². The minimum Gasteiger partial charge on any atom is -0.310 e. The normalized spacial score (nSPS) is 29.2. The van der Waals surface area contributed by atoms with Crippen LogP contribution in [0.4, 0.5) is 0 Å². The van der Waals surface area contributed by atoms with Crippen molar-refractivity contribution in [2.75, 3.05) is 31.6 Å². The molecule has 17 heavy (non-hydrogen) atoms. The minimum absolute atomic E-state index is 0.0517. The Labute approximate surface area is 106 Å². The molecule has 0 aliphatic carbocycles. The van der Waals surface area contributed by atoms with Crippen LogP contribution in [0.3, 0.4) is 0 Å². The summed E-state index contributed by atoms with van der Waals surface area (Å²) < 4.78 is 23.1. The van der Waals surface area contributed by atoms with Crippen LogP contribution in [-0.4, -0.2) is 57.0 Å². The van der Waals surface area contributed by atoms with E-state index in [-0.39, 0.29) is 17.5 Å². The third-order valence-corrected chi connectivity index (χ3v) is 5.44. The number of nitrogens with one attached hydrogen (secondary N) is 1. The second kappa shape index (κ2) is 6.16. The first-order valence-corrected chi connectivity index (χ1v) is 8.31. The van der Waals surface area contributed by atoms with Crippen LogP contribution in [0.1, 0.15) is 27.2 Å². The predicted molar refractivity (Wildman–Crippen MR) is 72.0 cm³/mol. The first-order valence-electron chi connectivity index (χ1n) is 6.49. The highest BCUT2D eigenvalue weighted by Crippen LogP contribution is 2.16. The summed E-state index contributed by atoms with van der Waals surface area (Å²) in [5, 5.41) is 3.47.